The zero-order valence-electron chi connectivity index (χ0n) is 12.2. The Hall–Kier alpha value is -2.09. The number of anilines is 1. The van der Waals surface area contributed by atoms with Gasteiger partial charge in [0.25, 0.3) is 5.91 Å². The summed E-state index contributed by atoms with van der Waals surface area (Å²) in [4.78, 5) is 15.0. The molecule has 1 aliphatic rings. The molecule has 1 heterocycles. The molecule has 6 nitrogen and oxygen atoms in total. The Morgan fingerprint density at radius 3 is 2.83 bits per heavy atom. The van der Waals surface area contributed by atoms with Crippen LogP contribution in [0.15, 0.2) is 41.5 Å². The first-order valence-electron chi connectivity index (χ1n) is 7.16. The van der Waals surface area contributed by atoms with E-state index in [1.54, 1.807) is 24.3 Å². The molecule has 0 aliphatic carbocycles. The average molecular weight is 419 g/mol. The van der Waals surface area contributed by atoms with Crippen molar-refractivity contribution in [2.24, 2.45) is 5.11 Å². The Morgan fingerprint density at radius 1 is 1.30 bits per heavy atom. The second-order valence-electron chi connectivity index (χ2n) is 5.21. The topological polar surface area (TPSA) is 89.9 Å². The SMILES string of the molecule is [N-]=[N+]=Nc1ccc(C(=O)Nc2cc(I)c3c(c2)CNCC3)cc1. The van der Waals surface area contributed by atoms with Crippen molar-refractivity contribution in [1.29, 1.82) is 0 Å². The summed E-state index contributed by atoms with van der Waals surface area (Å²) in [6.07, 6.45) is 1.02. The van der Waals surface area contributed by atoms with E-state index in [1.807, 2.05) is 12.1 Å². The van der Waals surface area contributed by atoms with Gasteiger partial charge in [0.2, 0.25) is 0 Å². The van der Waals surface area contributed by atoms with Crippen LogP contribution in [0, 0.1) is 3.57 Å². The van der Waals surface area contributed by atoms with Gasteiger partial charge in [-0.3, -0.25) is 4.79 Å². The zero-order chi connectivity index (χ0) is 16.2. The number of azide groups is 1. The first-order valence-corrected chi connectivity index (χ1v) is 8.24. The van der Waals surface area contributed by atoms with Crippen LogP contribution in [0.25, 0.3) is 10.4 Å². The summed E-state index contributed by atoms with van der Waals surface area (Å²) in [5.74, 6) is -0.183. The normalized spacial score (nSPS) is 12.9. The fourth-order valence-corrected chi connectivity index (χ4v) is 3.53. The van der Waals surface area contributed by atoms with E-state index in [2.05, 4.69) is 43.3 Å². The second-order valence-corrected chi connectivity index (χ2v) is 6.38. The minimum atomic E-state index is -0.183. The fourth-order valence-electron chi connectivity index (χ4n) is 2.57. The summed E-state index contributed by atoms with van der Waals surface area (Å²) in [6, 6.07) is 10.5. The van der Waals surface area contributed by atoms with E-state index in [-0.39, 0.29) is 5.91 Å². The summed E-state index contributed by atoms with van der Waals surface area (Å²) >= 11 is 2.32. The predicted molar refractivity (Wildman–Crippen MR) is 97.8 cm³/mol. The largest absolute Gasteiger partial charge is 0.322 e. The Kier molecular flexibility index (Phi) is 4.80. The highest BCUT2D eigenvalue weighted by molar-refractivity contribution is 14.1. The van der Waals surface area contributed by atoms with Gasteiger partial charge in [0.15, 0.2) is 0 Å². The third-order valence-corrected chi connectivity index (χ3v) is 4.67. The summed E-state index contributed by atoms with van der Waals surface area (Å²) < 4.78 is 1.18. The van der Waals surface area contributed by atoms with E-state index in [4.69, 9.17) is 5.53 Å². The van der Waals surface area contributed by atoms with Crippen molar-refractivity contribution in [1.82, 2.24) is 5.32 Å². The van der Waals surface area contributed by atoms with Gasteiger partial charge in [0.05, 0.1) is 0 Å². The molecule has 0 atom stereocenters. The van der Waals surface area contributed by atoms with Gasteiger partial charge in [-0.15, -0.1) is 0 Å². The van der Waals surface area contributed by atoms with Crippen LogP contribution in [0.4, 0.5) is 11.4 Å². The number of carbonyl (C=O) groups excluding carboxylic acids is 1. The minimum Gasteiger partial charge on any atom is -0.322 e. The zero-order valence-corrected chi connectivity index (χ0v) is 14.4. The minimum absolute atomic E-state index is 0.183. The molecule has 1 amide bonds. The number of nitrogens with one attached hydrogen (secondary N) is 2. The van der Waals surface area contributed by atoms with Gasteiger partial charge in [-0.1, -0.05) is 17.2 Å². The monoisotopic (exact) mass is 419 g/mol. The van der Waals surface area contributed by atoms with Gasteiger partial charge in [-0.05, 0) is 76.5 Å². The second kappa shape index (κ2) is 6.99. The standard InChI is InChI=1S/C16H14IN5O/c17-15-8-13(7-11-9-19-6-5-14(11)15)20-16(23)10-1-3-12(4-2-10)21-22-18/h1-4,7-8,19H,5-6,9H2,(H,20,23). The van der Waals surface area contributed by atoms with Crippen molar-refractivity contribution in [2.45, 2.75) is 13.0 Å². The molecule has 0 spiro atoms. The van der Waals surface area contributed by atoms with Gasteiger partial charge < -0.3 is 10.6 Å². The Labute approximate surface area is 147 Å². The Balaban J connectivity index is 1.79. The third-order valence-electron chi connectivity index (χ3n) is 3.70. The lowest BCUT2D eigenvalue weighted by atomic mass is 10.0. The Morgan fingerprint density at radius 2 is 2.09 bits per heavy atom. The van der Waals surface area contributed by atoms with E-state index in [1.165, 1.54) is 14.7 Å². The van der Waals surface area contributed by atoms with Gasteiger partial charge >= 0.3 is 0 Å². The number of halogens is 1. The quantitative estimate of drug-likeness (QED) is 0.339. The molecule has 116 valence electrons. The van der Waals surface area contributed by atoms with E-state index in [0.717, 1.165) is 25.2 Å². The molecule has 2 aromatic carbocycles. The molecule has 0 bridgehead atoms. The molecule has 0 saturated carbocycles. The molecule has 3 rings (SSSR count). The molecule has 0 unspecified atom stereocenters. The summed E-state index contributed by atoms with van der Waals surface area (Å²) in [7, 11) is 0. The predicted octanol–water partition coefficient (Wildman–Crippen LogP) is 4.13. The van der Waals surface area contributed by atoms with Gasteiger partial charge in [0, 0.05) is 32.0 Å². The highest BCUT2D eigenvalue weighted by Crippen LogP contribution is 2.25. The van der Waals surface area contributed by atoms with Crippen molar-refractivity contribution >= 4 is 39.9 Å². The van der Waals surface area contributed by atoms with Gasteiger partial charge in [0.1, 0.15) is 0 Å². The number of benzene rings is 2. The molecule has 2 N–H and O–H groups in total. The number of fused-ring (bicyclic) bond motifs is 1. The molecular formula is C16H14IN5O. The third kappa shape index (κ3) is 3.64. The van der Waals surface area contributed by atoms with E-state index < -0.39 is 0 Å². The molecule has 2 aromatic rings. The number of amides is 1. The molecule has 0 saturated heterocycles. The van der Waals surface area contributed by atoms with Crippen molar-refractivity contribution in [2.75, 3.05) is 11.9 Å². The first kappa shape index (κ1) is 15.8. The van der Waals surface area contributed by atoms with Crippen molar-refractivity contribution in [3.05, 3.63) is 67.1 Å². The number of hydrogen-bond donors (Lipinski definition) is 2. The number of carbonyl (C=O) groups is 1. The van der Waals surface area contributed by atoms with E-state index in [9.17, 15) is 4.79 Å². The smallest absolute Gasteiger partial charge is 0.255 e. The van der Waals surface area contributed by atoms with Crippen molar-refractivity contribution in [3.8, 4) is 0 Å². The number of nitrogens with zero attached hydrogens (tertiary/aromatic N) is 3. The van der Waals surface area contributed by atoms with E-state index >= 15 is 0 Å². The summed E-state index contributed by atoms with van der Waals surface area (Å²) in [5.41, 5.74) is 12.8. The number of hydrogen-bond acceptors (Lipinski definition) is 3. The lowest BCUT2D eigenvalue weighted by molar-refractivity contribution is 0.102. The lowest BCUT2D eigenvalue weighted by Gasteiger charge is -2.20. The number of rotatable bonds is 3. The first-order chi connectivity index (χ1) is 11.2. The van der Waals surface area contributed by atoms with Crippen LogP contribution < -0.4 is 10.6 Å². The lowest BCUT2D eigenvalue weighted by Crippen LogP contribution is -2.24. The van der Waals surface area contributed by atoms with Crippen LogP contribution in [-0.4, -0.2) is 12.5 Å². The maximum atomic E-state index is 12.3. The molecule has 0 aromatic heterocycles. The van der Waals surface area contributed by atoms with Crippen molar-refractivity contribution in [3.63, 3.8) is 0 Å². The van der Waals surface area contributed by atoms with Crippen LogP contribution in [0.5, 0.6) is 0 Å². The van der Waals surface area contributed by atoms with Gasteiger partial charge in [-0.25, -0.2) is 0 Å². The maximum Gasteiger partial charge on any atom is 0.255 e. The molecular weight excluding hydrogens is 405 g/mol. The average Bonchev–Trinajstić information content (AvgIpc) is 2.56. The summed E-state index contributed by atoms with van der Waals surface area (Å²) in [5, 5.41) is 9.76. The molecule has 1 aliphatic heterocycles. The van der Waals surface area contributed by atoms with E-state index in [0.29, 0.717) is 11.3 Å². The maximum absolute atomic E-state index is 12.3. The summed E-state index contributed by atoms with van der Waals surface area (Å²) in [6.45, 7) is 1.82. The molecule has 7 heteroatoms. The van der Waals surface area contributed by atoms with Crippen LogP contribution >= 0.6 is 22.6 Å². The molecule has 23 heavy (non-hydrogen) atoms. The van der Waals surface area contributed by atoms with Gasteiger partial charge in [-0.2, -0.15) is 0 Å². The highest BCUT2D eigenvalue weighted by Gasteiger charge is 2.14. The van der Waals surface area contributed by atoms with Crippen molar-refractivity contribution < 1.29 is 4.79 Å². The van der Waals surface area contributed by atoms with Crippen LogP contribution in [0.2, 0.25) is 0 Å². The molecule has 0 fully saturated rings. The Bertz CT molecular complexity index is 797. The highest BCUT2D eigenvalue weighted by atomic mass is 127. The van der Waals surface area contributed by atoms with Crippen LogP contribution in [0.1, 0.15) is 21.5 Å². The molecule has 0 radical (unpaired) electrons. The van der Waals surface area contributed by atoms with Crippen LogP contribution in [0.3, 0.4) is 0 Å². The fraction of sp³-hybridized carbons (Fsp3) is 0.188. The van der Waals surface area contributed by atoms with Crippen LogP contribution in [-0.2, 0) is 13.0 Å².